The summed E-state index contributed by atoms with van der Waals surface area (Å²) in [6.45, 7) is 0.465. The number of amides is 1. The summed E-state index contributed by atoms with van der Waals surface area (Å²) in [4.78, 5) is 18.4. The smallest absolute Gasteiger partial charge is 0.252 e. The van der Waals surface area contributed by atoms with Crippen LogP contribution in [0.5, 0.6) is 0 Å². The molecule has 2 aromatic rings. The van der Waals surface area contributed by atoms with Gasteiger partial charge in [-0.1, -0.05) is 0 Å². The molecule has 0 aliphatic carbocycles. The van der Waals surface area contributed by atoms with Crippen molar-refractivity contribution in [3.05, 3.63) is 39.0 Å². The second-order valence-electron chi connectivity index (χ2n) is 2.90. The van der Waals surface area contributed by atoms with Gasteiger partial charge in [-0.25, -0.2) is 4.98 Å². The van der Waals surface area contributed by atoms with E-state index in [0.29, 0.717) is 12.1 Å². The van der Waals surface area contributed by atoms with Gasteiger partial charge in [-0.3, -0.25) is 4.79 Å². The van der Waals surface area contributed by atoms with Gasteiger partial charge in [0.2, 0.25) is 0 Å². The molecule has 0 bridgehead atoms. The molecule has 0 fully saturated rings. The highest BCUT2D eigenvalue weighted by Crippen LogP contribution is 2.20. The van der Waals surface area contributed by atoms with Gasteiger partial charge in [0.05, 0.1) is 27.9 Å². The summed E-state index contributed by atoms with van der Waals surface area (Å²) in [5.41, 5.74) is 1.56. The van der Waals surface area contributed by atoms with Crippen LogP contribution in [0.1, 0.15) is 16.1 Å². The third kappa shape index (κ3) is 2.66. The number of hydrogen-bond acceptors (Lipinski definition) is 3. The SMILES string of the molecule is O=C(NCc1cnc[nH]1)c1csc(Br)c1. The van der Waals surface area contributed by atoms with Crippen molar-refractivity contribution < 1.29 is 4.79 Å². The lowest BCUT2D eigenvalue weighted by atomic mass is 10.3. The Hall–Kier alpha value is -1.14. The number of imidazole rings is 1. The topological polar surface area (TPSA) is 57.8 Å². The third-order valence-electron chi connectivity index (χ3n) is 1.82. The number of H-pyrrole nitrogens is 1. The summed E-state index contributed by atoms with van der Waals surface area (Å²) in [6.07, 6.45) is 3.27. The second kappa shape index (κ2) is 4.59. The molecule has 2 heterocycles. The Labute approximate surface area is 98.9 Å². The van der Waals surface area contributed by atoms with Crippen LogP contribution in [0.25, 0.3) is 0 Å². The predicted molar refractivity (Wildman–Crippen MR) is 61.8 cm³/mol. The van der Waals surface area contributed by atoms with E-state index in [1.165, 1.54) is 11.3 Å². The normalized spacial score (nSPS) is 10.2. The number of rotatable bonds is 3. The van der Waals surface area contributed by atoms with E-state index in [1.54, 1.807) is 18.6 Å². The van der Waals surface area contributed by atoms with Crippen molar-refractivity contribution in [2.24, 2.45) is 0 Å². The number of carbonyl (C=O) groups excluding carboxylic acids is 1. The molecule has 0 radical (unpaired) electrons. The lowest BCUT2D eigenvalue weighted by Gasteiger charge is -2.00. The van der Waals surface area contributed by atoms with Crippen molar-refractivity contribution in [1.29, 1.82) is 0 Å². The van der Waals surface area contributed by atoms with Crippen molar-refractivity contribution in [2.45, 2.75) is 6.54 Å². The first-order valence-corrected chi connectivity index (χ1v) is 5.92. The lowest BCUT2D eigenvalue weighted by molar-refractivity contribution is 0.0951. The predicted octanol–water partition coefficient (Wildman–Crippen LogP) is 2.16. The van der Waals surface area contributed by atoms with Crippen molar-refractivity contribution >= 4 is 33.2 Å². The van der Waals surface area contributed by atoms with E-state index in [9.17, 15) is 4.79 Å². The molecule has 15 heavy (non-hydrogen) atoms. The van der Waals surface area contributed by atoms with E-state index in [-0.39, 0.29) is 5.91 Å². The average Bonchev–Trinajstić information content (AvgIpc) is 2.84. The average molecular weight is 286 g/mol. The molecular formula is C9H8BrN3OS. The summed E-state index contributed by atoms with van der Waals surface area (Å²) < 4.78 is 0.953. The largest absolute Gasteiger partial charge is 0.347 e. The van der Waals surface area contributed by atoms with Crippen molar-refractivity contribution in [3.63, 3.8) is 0 Å². The summed E-state index contributed by atoms with van der Waals surface area (Å²) in [6, 6.07) is 1.80. The molecule has 2 rings (SSSR count). The lowest BCUT2D eigenvalue weighted by Crippen LogP contribution is -2.22. The van der Waals surface area contributed by atoms with Gasteiger partial charge in [-0.15, -0.1) is 11.3 Å². The Balaban J connectivity index is 1.93. The fraction of sp³-hybridized carbons (Fsp3) is 0.111. The molecule has 2 N–H and O–H groups in total. The van der Waals surface area contributed by atoms with Gasteiger partial charge in [0.15, 0.2) is 0 Å². The third-order valence-corrected chi connectivity index (χ3v) is 3.33. The molecular weight excluding hydrogens is 278 g/mol. The molecule has 0 aliphatic rings. The monoisotopic (exact) mass is 285 g/mol. The fourth-order valence-corrected chi connectivity index (χ4v) is 2.22. The van der Waals surface area contributed by atoms with Gasteiger partial charge in [0.1, 0.15) is 0 Å². The van der Waals surface area contributed by atoms with Gasteiger partial charge in [-0.2, -0.15) is 0 Å². The Morgan fingerprint density at radius 3 is 3.13 bits per heavy atom. The molecule has 0 saturated heterocycles. The van der Waals surface area contributed by atoms with Crippen LogP contribution in [0.4, 0.5) is 0 Å². The number of aromatic amines is 1. The highest BCUT2D eigenvalue weighted by atomic mass is 79.9. The van der Waals surface area contributed by atoms with Crippen molar-refractivity contribution in [2.75, 3.05) is 0 Å². The Morgan fingerprint density at radius 1 is 1.67 bits per heavy atom. The standard InChI is InChI=1S/C9H8BrN3OS/c10-8-1-6(4-15-8)9(14)12-3-7-2-11-5-13-7/h1-2,4-5H,3H2,(H,11,13)(H,12,14). The maximum absolute atomic E-state index is 11.6. The molecule has 0 aliphatic heterocycles. The van der Waals surface area contributed by atoms with E-state index >= 15 is 0 Å². The number of halogens is 1. The first-order chi connectivity index (χ1) is 7.25. The van der Waals surface area contributed by atoms with Crippen LogP contribution in [0, 0.1) is 0 Å². The number of thiophene rings is 1. The molecule has 0 atom stereocenters. The molecule has 2 aromatic heterocycles. The highest BCUT2D eigenvalue weighted by molar-refractivity contribution is 9.11. The van der Waals surface area contributed by atoms with Gasteiger partial charge in [-0.05, 0) is 22.0 Å². The van der Waals surface area contributed by atoms with Crippen LogP contribution in [0.2, 0.25) is 0 Å². The van der Waals surface area contributed by atoms with E-state index in [0.717, 1.165) is 9.48 Å². The zero-order chi connectivity index (χ0) is 10.7. The zero-order valence-electron chi connectivity index (χ0n) is 7.66. The fourth-order valence-electron chi connectivity index (χ4n) is 1.09. The number of nitrogens with one attached hydrogen (secondary N) is 2. The minimum absolute atomic E-state index is 0.0773. The van der Waals surface area contributed by atoms with Crippen LogP contribution < -0.4 is 5.32 Å². The Bertz CT molecular complexity index is 452. The molecule has 4 nitrogen and oxygen atoms in total. The Kier molecular flexibility index (Phi) is 3.17. The zero-order valence-corrected chi connectivity index (χ0v) is 10.1. The minimum Gasteiger partial charge on any atom is -0.347 e. The van der Waals surface area contributed by atoms with Crippen LogP contribution >= 0.6 is 27.3 Å². The maximum Gasteiger partial charge on any atom is 0.252 e. The van der Waals surface area contributed by atoms with E-state index in [2.05, 4.69) is 31.2 Å². The van der Waals surface area contributed by atoms with Crippen LogP contribution in [0.3, 0.4) is 0 Å². The summed E-state index contributed by atoms with van der Waals surface area (Å²) in [5, 5.41) is 4.60. The van der Waals surface area contributed by atoms with Gasteiger partial charge in [0.25, 0.3) is 5.91 Å². The molecule has 0 spiro atoms. The highest BCUT2D eigenvalue weighted by Gasteiger charge is 2.07. The minimum atomic E-state index is -0.0773. The van der Waals surface area contributed by atoms with Gasteiger partial charge >= 0.3 is 0 Å². The van der Waals surface area contributed by atoms with Gasteiger partial charge in [0, 0.05) is 11.6 Å². The summed E-state index contributed by atoms with van der Waals surface area (Å²) in [7, 11) is 0. The summed E-state index contributed by atoms with van der Waals surface area (Å²) >= 11 is 4.80. The van der Waals surface area contributed by atoms with E-state index in [1.807, 2.05) is 5.38 Å². The Morgan fingerprint density at radius 2 is 2.53 bits per heavy atom. The number of carbonyl (C=O) groups is 1. The maximum atomic E-state index is 11.6. The number of hydrogen-bond donors (Lipinski definition) is 2. The number of nitrogens with zero attached hydrogens (tertiary/aromatic N) is 1. The van der Waals surface area contributed by atoms with E-state index in [4.69, 9.17) is 0 Å². The summed E-state index contributed by atoms with van der Waals surface area (Å²) in [5.74, 6) is -0.0773. The van der Waals surface area contributed by atoms with Crippen molar-refractivity contribution in [3.8, 4) is 0 Å². The van der Waals surface area contributed by atoms with Crippen LogP contribution in [-0.4, -0.2) is 15.9 Å². The van der Waals surface area contributed by atoms with Crippen LogP contribution in [0.15, 0.2) is 27.8 Å². The molecule has 0 unspecified atom stereocenters. The molecule has 78 valence electrons. The number of aromatic nitrogens is 2. The first-order valence-electron chi connectivity index (χ1n) is 4.25. The molecule has 1 amide bonds. The van der Waals surface area contributed by atoms with E-state index < -0.39 is 0 Å². The molecule has 0 saturated carbocycles. The quantitative estimate of drug-likeness (QED) is 0.908. The van der Waals surface area contributed by atoms with Crippen molar-refractivity contribution in [1.82, 2.24) is 15.3 Å². The first kappa shape index (κ1) is 10.4. The molecule has 6 heteroatoms. The second-order valence-corrected chi connectivity index (χ2v) is 5.19. The van der Waals surface area contributed by atoms with Crippen LogP contribution in [-0.2, 0) is 6.54 Å². The molecule has 0 aromatic carbocycles. The van der Waals surface area contributed by atoms with Gasteiger partial charge < -0.3 is 10.3 Å².